The molecule has 0 amide bonds. The molecule has 0 aromatic rings. The van der Waals surface area contributed by atoms with Gasteiger partial charge in [0.25, 0.3) is 0 Å². The maximum Gasteiger partial charge on any atom is 0.394 e. The van der Waals surface area contributed by atoms with Crippen LogP contribution in [0.5, 0.6) is 0 Å². The molecule has 0 radical (unpaired) electrons. The highest BCUT2D eigenvalue weighted by atomic mass is 31.2. The zero-order valence-corrected chi connectivity index (χ0v) is 7.73. The van der Waals surface area contributed by atoms with Gasteiger partial charge in [-0.1, -0.05) is 19.8 Å². The average molecular weight is 202 g/mol. The molecule has 0 heterocycles. The normalized spacial score (nSPS) is 13.4. The first-order valence-corrected chi connectivity index (χ1v) is 5.36. The Labute approximate surface area is 69.9 Å². The van der Waals surface area contributed by atoms with Crippen molar-refractivity contribution >= 4 is 7.60 Å². The molecule has 0 spiro atoms. The number of hydrogen-bond donors (Lipinski definition) is 2. The molecule has 2 N–H and O–H groups in total. The molecule has 0 aliphatic rings. The molecule has 74 valence electrons. The van der Waals surface area contributed by atoms with Crippen molar-refractivity contribution in [2.75, 3.05) is 0 Å². The summed E-state index contributed by atoms with van der Waals surface area (Å²) in [5.74, 6) is 0. The van der Waals surface area contributed by atoms with Crippen LogP contribution in [0, 0.1) is 0 Å². The summed E-state index contributed by atoms with van der Waals surface area (Å²) in [4.78, 5) is 16.4. The standard InChI is InChI=1S/C6H13F2O3P/c1-2-3-4-5-6(7,8)12(9,10)11/h2-5H2,1H3,(H2,9,10,11). The van der Waals surface area contributed by atoms with E-state index in [1.807, 2.05) is 6.92 Å². The second kappa shape index (κ2) is 4.30. The highest BCUT2D eigenvalue weighted by molar-refractivity contribution is 7.53. The summed E-state index contributed by atoms with van der Waals surface area (Å²) in [6.45, 7) is 1.83. The van der Waals surface area contributed by atoms with E-state index in [1.54, 1.807) is 0 Å². The van der Waals surface area contributed by atoms with Gasteiger partial charge < -0.3 is 9.79 Å². The van der Waals surface area contributed by atoms with Gasteiger partial charge in [0, 0.05) is 6.42 Å². The van der Waals surface area contributed by atoms with Gasteiger partial charge in [-0.25, -0.2) is 0 Å². The molecule has 0 bridgehead atoms. The molecule has 0 aliphatic carbocycles. The Hall–Kier alpha value is 0.01000. The van der Waals surface area contributed by atoms with E-state index in [9.17, 15) is 13.3 Å². The fourth-order valence-corrected chi connectivity index (χ4v) is 1.18. The van der Waals surface area contributed by atoms with Gasteiger partial charge in [0.1, 0.15) is 0 Å². The van der Waals surface area contributed by atoms with E-state index in [0.29, 0.717) is 6.42 Å². The van der Waals surface area contributed by atoms with Gasteiger partial charge in [-0.05, 0) is 6.42 Å². The summed E-state index contributed by atoms with van der Waals surface area (Å²) in [5.41, 5.74) is -3.85. The Morgan fingerprint density at radius 3 is 2.17 bits per heavy atom. The van der Waals surface area contributed by atoms with Crippen molar-refractivity contribution in [1.82, 2.24) is 0 Å². The third-order valence-corrected chi connectivity index (χ3v) is 2.58. The van der Waals surface area contributed by atoms with E-state index in [1.165, 1.54) is 0 Å². The maximum atomic E-state index is 12.5. The zero-order chi connectivity index (χ0) is 9.83. The van der Waals surface area contributed by atoms with E-state index < -0.39 is 19.7 Å². The SMILES string of the molecule is CCCCCC(F)(F)P(=O)(O)O. The van der Waals surface area contributed by atoms with Crippen LogP contribution in [-0.2, 0) is 4.57 Å². The first kappa shape index (κ1) is 12.0. The minimum absolute atomic E-state index is 0.147. The first-order chi connectivity index (χ1) is 5.31. The summed E-state index contributed by atoms with van der Waals surface area (Å²) in [6.07, 6.45) is 0.729. The van der Waals surface area contributed by atoms with Crippen molar-refractivity contribution in [2.24, 2.45) is 0 Å². The molecule has 6 heteroatoms. The Morgan fingerprint density at radius 2 is 1.83 bits per heavy atom. The molecule has 0 atom stereocenters. The van der Waals surface area contributed by atoms with Crippen LogP contribution in [0.25, 0.3) is 0 Å². The molecular weight excluding hydrogens is 189 g/mol. The third kappa shape index (κ3) is 3.61. The van der Waals surface area contributed by atoms with Crippen LogP contribution >= 0.6 is 7.60 Å². The molecule has 12 heavy (non-hydrogen) atoms. The summed E-state index contributed by atoms with van der Waals surface area (Å²) in [7, 11) is -5.24. The largest absolute Gasteiger partial charge is 0.394 e. The number of rotatable bonds is 5. The lowest BCUT2D eigenvalue weighted by molar-refractivity contribution is 0.0478. The second-order valence-corrected chi connectivity index (χ2v) is 4.41. The predicted octanol–water partition coefficient (Wildman–Crippen LogP) is 2.34. The lowest BCUT2D eigenvalue weighted by atomic mass is 10.2. The summed E-state index contributed by atoms with van der Waals surface area (Å²) in [5, 5.41) is 0. The Bertz CT molecular complexity index is 178. The molecule has 0 aromatic carbocycles. The Morgan fingerprint density at radius 1 is 1.33 bits per heavy atom. The quantitative estimate of drug-likeness (QED) is 0.531. The summed E-state index contributed by atoms with van der Waals surface area (Å²) < 4.78 is 35.2. The number of halogens is 2. The van der Waals surface area contributed by atoms with Crippen LogP contribution in [0.4, 0.5) is 8.78 Å². The summed E-state index contributed by atoms with van der Waals surface area (Å²) in [6, 6.07) is 0. The van der Waals surface area contributed by atoms with Gasteiger partial charge in [0.2, 0.25) is 0 Å². The molecular formula is C6H13F2O3P. The van der Waals surface area contributed by atoms with E-state index in [-0.39, 0.29) is 6.42 Å². The molecule has 0 saturated carbocycles. The van der Waals surface area contributed by atoms with E-state index in [2.05, 4.69) is 0 Å². The van der Waals surface area contributed by atoms with Crippen molar-refractivity contribution in [3.8, 4) is 0 Å². The molecule has 0 fully saturated rings. The first-order valence-electron chi connectivity index (χ1n) is 3.74. The van der Waals surface area contributed by atoms with Crippen molar-refractivity contribution in [1.29, 1.82) is 0 Å². The van der Waals surface area contributed by atoms with Crippen molar-refractivity contribution in [2.45, 2.75) is 38.3 Å². The summed E-state index contributed by atoms with van der Waals surface area (Å²) >= 11 is 0. The van der Waals surface area contributed by atoms with Gasteiger partial charge in [-0.3, -0.25) is 4.57 Å². The lowest BCUT2D eigenvalue weighted by Crippen LogP contribution is -2.15. The highest BCUT2D eigenvalue weighted by Crippen LogP contribution is 2.55. The smallest absolute Gasteiger partial charge is 0.320 e. The lowest BCUT2D eigenvalue weighted by Gasteiger charge is -2.16. The van der Waals surface area contributed by atoms with Crippen molar-refractivity contribution < 1.29 is 23.1 Å². The Balaban J connectivity index is 3.97. The topological polar surface area (TPSA) is 57.5 Å². The van der Waals surface area contributed by atoms with Crippen molar-refractivity contribution in [3.63, 3.8) is 0 Å². The van der Waals surface area contributed by atoms with Gasteiger partial charge in [-0.15, -0.1) is 0 Å². The van der Waals surface area contributed by atoms with Crippen molar-refractivity contribution in [3.05, 3.63) is 0 Å². The number of hydrogen-bond acceptors (Lipinski definition) is 1. The van der Waals surface area contributed by atoms with Crippen LogP contribution in [0.15, 0.2) is 0 Å². The van der Waals surface area contributed by atoms with Gasteiger partial charge in [-0.2, -0.15) is 8.78 Å². The Kier molecular flexibility index (Phi) is 4.31. The molecule has 0 aromatic heterocycles. The fraction of sp³-hybridized carbons (Fsp3) is 1.00. The monoisotopic (exact) mass is 202 g/mol. The molecule has 0 aliphatic heterocycles. The van der Waals surface area contributed by atoms with Crippen LogP contribution in [0.2, 0.25) is 0 Å². The zero-order valence-electron chi connectivity index (χ0n) is 6.83. The van der Waals surface area contributed by atoms with Gasteiger partial charge in [0.15, 0.2) is 0 Å². The molecule has 0 rings (SSSR count). The minimum atomic E-state index is -5.24. The second-order valence-electron chi connectivity index (χ2n) is 2.67. The van der Waals surface area contributed by atoms with E-state index >= 15 is 0 Å². The molecule has 0 saturated heterocycles. The van der Waals surface area contributed by atoms with Crippen LogP contribution < -0.4 is 0 Å². The number of unbranched alkanes of at least 4 members (excludes halogenated alkanes) is 2. The molecule has 3 nitrogen and oxygen atoms in total. The van der Waals surface area contributed by atoms with E-state index in [4.69, 9.17) is 9.79 Å². The highest BCUT2D eigenvalue weighted by Gasteiger charge is 2.47. The fourth-order valence-electron chi connectivity index (χ4n) is 0.733. The van der Waals surface area contributed by atoms with Crippen LogP contribution in [0.3, 0.4) is 0 Å². The number of alkyl halides is 2. The predicted molar refractivity (Wildman–Crippen MR) is 41.1 cm³/mol. The molecule has 0 unspecified atom stereocenters. The van der Waals surface area contributed by atoms with E-state index in [0.717, 1.165) is 6.42 Å². The van der Waals surface area contributed by atoms with Crippen LogP contribution in [-0.4, -0.2) is 15.5 Å². The van der Waals surface area contributed by atoms with Gasteiger partial charge in [0.05, 0.1) is 0 Å². The average Bonchev–Trinajstić information content (AvgIpc) is 1.85. The minimum Gasteiger partial charge on any atom is -0.320 e. The third-order valence-electron chi connectivity index (χ3n) is 1.51. The van der Waals surface area contributed by atoms with Crippen LogP contribution in [0.1, 0.15) is 32.6 Å². The maximum absolute atomic E-state index is 12.5. The van der Waals surface area contributed by atoms with Gasteiger partial charge >= 0.3 is 13.3 Å².